The number of phosphoric acid groups is 1. The van der Waals surface area contributed by atoms with Crippen LogP contribution in [0.25, 0.3) is 0 Å². The third kappa shape index (κ3) is 6.83. The van der Waals surface area contributed by atoms with E-state index in [2.05, 4.69) is 0 Å². The lowest BCUT2D eigenvalue weighted by molar-refractivity contribution is -0.133. The van der Waals surface area contributed by atoms with Crippen molar-refractivity contribution in [2.45, 2.75) is 19.6 Å². The maximum absolute atomic E-state index is 12.5. The van der Waals surface area contributed by atoms with Crippen molar-refractivity contribution in [3.63, 3.8) is 0 Å². The van der Waals surface area contributed by atoms with Crippen LogP contribution in [-0.4, -0.2) is 37.2 Å². The third-order valence-electron chi connectivity index (χ3n) is 2.51. The van der Waals surface area contributed by atoms with Crippen molar-refractivity contribution >= 4 is 25.6 Å². The molecular formula is C14H21O7PS. The van der Waals surface area contributed by atoms with Gasteiger partial charge >= 0.3 is 13.8 Å². The Morgan fingerprint density at radius 2 is 1.87 bits per heavy atom. The molecule has 0 aliphatic rings. The van der Waals surface area contributed by atoms with E-state index >= 15 is 0 Å². The minimum Gasteiger partial charge on any atom is -0.493 e. The second kappa shape index (κ2) is 9.82. The van der Waals surface area contributed by atoms with Crippen LogP contribution in [0.1, 0.15) is 19.4 Å². The number of ether oxygens (including phenoxy) is 1. The molecule has 0 heterocycles. The fraction of sp³-hybridized carbons (Fsp3) is 0.500. The van der Waals surface area contributed by atoms with E-state index in [-0.39, 0.29) is 24.7 Å². The van der Waals surface area contributed by atoms with Gasteiger partial charge in [0.15, 0.2) is 11.5 Å². The maximum atomic E-state index is 12.5. The number of aliphatic carboxylic acids is 1. The molecule has 0 aliphatic carbocycles. The molecule has 0 saturated heterocycles. The van der Waals surface area contributed by atoms with Gasteiger partial charge in [-0.25, -0.2) is 4.57 Å². The lowest BCUT2D eigenvalue weighted by Gasteiger charge is -2.19. The smallest absolute Gasteiger partial charge is 0.493 e. The lowest BCUT2D eigenvalue weighted by Crippen LogP contribution is -2.04. The molecule has 1 rings (SSSR count). The number of carbonyl (C=O) groups is 1. The second-order valence-corrected chi connectivity index (χ2v) is 6.82. The molecule has 23 heavy (non-hydrogen) atoms. The van der Waals surface area contributed by atoms with Crippen LogP contribution in [0, 0.1) is 0 Å². The Hall–Kier alpha value is -1.21. The van der Waals surface area contributed by atoms with Gasteiger partial charge in [-0.05, 0) is 31.5 Å². The first-order valence-electron chi connectivity index (χ1n) is 6.99. The Balaban J connectivity index is 2.93. The minimum atomic E-state index is -3.72. The summed E-state index contributed by atoms with van der Waals surface area (Å²) >= 11 is 1.25. The van der Waals surface area contributed by atoms with E-state index < -0.39 is 13.8 Å². The summed E-state index contributed by atoms with van der Waals surface area (Å²) in [5, 5.41) is 8.66. The van der Waals surface area contributed by atoms with Gasteiger partial charge in [-0.15, -0.1) is 11.8 Å². The summed E-state index contributed by atoms with van der Waals surface area (Å²) in [7, 11) is -2.26. The fourth-order valence-electron chi connectivity index (χ4n) is 1.67. The van der Waals surface area contributed by atoms with E-state index in [1.807, 2.05) is 0 Å². The SMILES string of the molecule is CCOP(=O)(OCC)Oc1cc(CSCC(=O)O)ccc1OC. The molecule has 0 spiro atoms. The number of benzene rings is 1. The van der Waals surface area contributed by atoms with E-state index in [0.717, 1.165) is 5.56 Å². The standard InChI is InChI=1S/C14H21O7PS/c1-4-19-22(17,20-5-2)21-13-8-11(6-7-12(13)18-3)9-23-10-14(15)16/h6-8H,4-5,9-10H2,1-3H3,(H,15,16). The van der Waals surface area contributed by atoms with Gasteiger partial charge in [-0.2, -0.15) is 0 Å². The summed E-state index contributed by atoms with van der Waals surface area (Å²) < 4.78 is 33.3. The molecule has 0 fully saturated rings. The van der Waals surface area contributed by atoms with Crippen molar-refractivity contribution in [3.05, 3.63) is 23.8 Å². The third-order valence-corrected chi connectivity index (χ3v) is 5.06. The summed E-state index contributed by atoms with van der Waals surface area (Å²) in [5.41, 5.74) is 0.812. The monoisotopic (exact) mass is 364 g/mol. The quantitative estimate of drug-likeness (QED) is 0.596. The van der Waals surface area contributed by atoms with Gasteiger partial charge in [-0.3, -0.25) is 13.8 Å². The zero-order valence-electron chi connectivity index (χ0n) is 13.3. The van der Waals surface area contributed by atoms with E-state index in [4.69, 9.17) is 23.4 Å². The van der Waals surface area contributed by atoms with Crippen LogP contribution in [0.3, 0.4) is 0 Å². The van der Waals surface area contributed by atoms with Crippen molar-refractivity contribution in [2.24, 2.45) is 0 Å². The van der Waals surface area contributed by atoms with Crippen LogP contribution in [0.4, 0.5) is 0 Å². The molecule has 0 radical (unpaired) electrons. The Bertz CT molecular complexity index is 554. The van der Waals surface area contributed by atoms with Crippen molar-refractivity contribution < 1.29 is 32.8 Å². The molecule has 0 amide bonds. The molecule has 0 saturated carbocycles. The number of phosphoric ester groups is 1. The molecule has 0 aliphatic heterocycles. The van der Waals surface area contributed by atoms with E-state index in [9.17, 15) is 9.36 Å². The van der Waals surface area contributed by atoms with Gasteiger partial charge in [0.05, 0.1) is 26.1 Å². The van der Waals surface area contributed by atoms with Gasteiger partial charge in [0, 0.05) is 5.75 Å². The largest absolute Gasteiger partial charge is 0.530 e. The van der Waals surface area contributed by atoms with Crippen LogP contribution in [0.5, 0.6) is 11.5 Å². The average molecular weight is 364 g/mol. The topological polar surface area (TPSA) is 91.3 Å². The van der Waals surface area contributed by atoms with E-state index in [0.29, 0.717) is 11.5 Å². The number of methoxy groups -OCH3 is 1. The van der Waals surface area contributed by atoms with Crippen molar-refractivity contribution in [2.75, 3.05) is 26.1 Å². The number of hydrogen-bond donors (Lipinski definition) is 1. The molecular weight excluding hydrogens is 343 g/mol. The van der Waals surface area contributed by atoms with Crippen molar-refractivity contribution in [1.29, 1.82) is 0 Å². The molecule has 7 nitrogen and oxygen atoms in total. The fourth-order valence-corrected chi connectivity index (χ4v) is 3.55. The predicted molar refractivity (Wildman–Crippen MR) is 88.3 cm³/mol. The molecule has 1 N–H and O–H groups in total. The first-order chi connectivity index (χ1) is 10.9. The first-order valence-corrected chi connectivity index (χ1v) is 9.60. The van der Waals surface area contributed by atoms with Gasteiger partial charge in [0.1, 0.15) is 0 Å². The van der Waals surface area contributed by atoms with E-state index in [1.54, 1.807) is 32.0 Å². The number of carboxylic acids is 1. The van der Waals surface area contributed by atoms with Gasteiger partial charge in [0.25, 0.3) is 0 Å². The second-order valence-electron chi connectivity index (χ2n) is 4.25. The predicted octanol–water partition coefficient (Wildman–Crippen LogP) is 3.57. The Labute approximate surface area is 139 Å². The molecule has 130 valence electrons. The number of hydrogen-bond acceptors (Lipinski definition) is 7. The molecule has 1 aromatic rings. The molecule has 0 atom stereocenters. The van der Waals surface area contributed by atoms with Gasteiger partial charge in [-0.1, -0.05) is 6.07 Å². The molecule has 0 bridgehead atoms. The van der Waals surface area contributed by atoms with E-state index in [1.165, 1.54) is 18.9 Å². The molecule has 0 unspecified atom stereocenters. The van der Waals surface area contributed by atoms with Gasteiger partial charge < -0.3 is 14.4 Å². The van der Waals surface area contributed by atoms with Crippen LogP contribution in [0.15, 0.2) is 18.2 Å². The Morgan fingerprint density at radius 3 is 2.39 bits per heavy atom. The summed E-state index contributed by atoms with van der Waals surface area (Å²) in [5.74, 6) is 0.207. The molecule has 0 aromatic heterocycles. The average Bonchev–Trinajstić information content (AvgIpc) is 2.47. The molecule has 1 aromatic carbocycles. The lowest BCUT2D eigenvalue weighted by atomic mass is 10.2. The van der Waals surface area contributed by atoms with Crippen molar-refractivity contribution in [1.82, 2.24) is 0 Å². The number of rotatable bonds is 11. The van der Waals surface area contributed by atoms with Crippen LogP contribution in [-0.2, 0) is 24.2 Å². The van der Waals surface area contributed by atoms with Crippen LogP contribution < -0.4 is 9.26 Å². The molecule has 9 heteroatoms. The summed E-state index contributed by atoms with van der Waals surface area (Å²) in [4.78, 5) is 10.6. The highest BCUT2D eigenvalue weighted by atomic mass is 32.2. The van der Waals surface area contributed by atoms with Crippen LogP contribution in [0.2, 0.25) is 0 Å². The van der Waals surface area contributed by atoms with Crippen LogP contribution >= 0.6 is 19.6 Å². The Kier molecular flexibility index (Phi) is 8.47. The summed E-state index contributed by atoms with van der Waals surface area (Å²) in [6.07, 6.45) is 0. The number of thioether (sulfide) groups is 1. The highest BCUT2D eigenvalue weighted by Gasteiger charge is 2.28. The minimum absolute atomic E-state index is 0.00138. The summed E-state index contributed by atoms with van der Waals surface area (Å²) in [6.45, 7) is 3.72. The number of carboxylic acid groups (broad SMARTS) is 1. The highest BCUT2D eigenvalue weighted by Crippen LogP contribution is 2.51. The highest BCUT2D eigenvalue weighted by molar-refractivity contribution is 7.99. The zero-order chi connectivity index (χ0) is 17.3. The maximum Gasteiger partial charge on any atom is 0.530 e. The summed E-state index contributed by atoms with van der Waals surface area (Å²) in [6, 6.07) is 5.08. The normalized spacial score (nSPS) is 11.3. The van der Waals surface area contributed by atoms with Gasteiger partial charge in [0.2, 0.25) is 0 Å². The first kappa shape index (κ1) is 19.8. The zero-order valence-corrected chi connectivity index (χ0v) is 15.0. The van der Waals surface area contributed by atoms with Crippen molar-refractivity contribution in [3.8, 4) is 11.5 Å². The Morgan fingerprint density at radius 1 is 1.22 bits per heavy atom.